The lowest BCUT2D eigenvalue weighted by atomic mass is 9.49. The van der Waals surface area contributed by atoms with Gasteiger partial charge in [0.05, 0.1) is 17.8 Å². The number of para-hydroxylation sites is 1. The molecule has 27 heavy (non-hydrogen) atoms. The van der Waals surface area contributed by atoms with Gasteiger partial charge in [-0.1, -0.05) is 12.1 Å². The molecule has 3 nitrogen and oxygen atoms in total. The highest BCUT2D eigenvalue weighted by Gasteiger charge is 2.51. The summed E-state index contributed by atoms with van der Waals surface area (Å²) in [5.74, 6) is 2.14. The molecule has 0 radical (unpaired) electrons. The molecule has 1 amide bonds. The van der Waals surface area contributed by atoms with E-state index in [1.165, 1.54) is 56.7 Å². The second-order valence-electron chi connectivity index (χ2n) is 9.18. The molecule has 0 saturated heterocycles. The summed E-state index contributed by atoms with van der Waals surface area (Å²) in [4.78, 5) is 14.4. The number of nitrogens with one attached hydrogen (secondary N) is 1. The van der Waals surface area contributed by atoms with E-state index in [1.54, 1.807) is 0 Å². The molecule has 0 heterocycles. The predicted octanol–water partition coefficient (Wildman–Crippen LogP) is 4.79. The van der Waals surface area contributed by atoms with E-state index in [2.05, 4.69) is 5.32 Å². The molecule has 0 aromatic heterocycles. The quantitative estimate of drug-likeness (QED) is 0.796. The maximum atomic E-state index is 13.1. The second-order valence-corrected chi connectivity index (χ2v) is 9.18. The Bertz CT molecular complexity index is 680. The zero-order valence-electron chi connectivity index (χ0n) is 15.7. The third-order valence-electron chi connectivity index (χ3n) is 6.69. The van der Waals surface area contributed by atoms with Gasteiger partial charge in [0.25, 0.3) is 0 Å². The first-order chi connectivity index (χ1) is 12.7. The Labute approximate surface area is 158 Å². The number of carbonyl (C=O) groups excluding carboxylic acids is 1. The van der Waals surface area contributed by atoms with E-state index in [4.69, 9.17) is 0 Å². The van der Waals surface area contributed by atoms with E-state index in [-0.39, 0.29) is 18.1 Å². The first kappa shape index (κ1) is 18.8. The molecular weight excluding hydrogens is 353 g/mol. The summed E-state index contributed by atoms with van der Waals surface area (Å²) >= 11 is 0. The highest BCUT2D eigenvalue weighted by Crippen LogP contribution is 2.60. The SMILES string of the molecule is CN(CC(=O)Nc1ccccc1C(F)(F)F)CC12CC3CC(CC(C3)C1)C2. The molecule has 0 aliphatic heterocycles. The zero-order valence-corrected chi connectivity index (χ0v) is 15.7. The van der Waals surface area contributed by atoms with Crippen molar-refractivity contribution in [2.45, 2.75) is 44.7 Å². The highest BCUT2D eigenvalue weighted by molar-refractivity contribution is 5.93. The van der Waals surface area contributed by atoms with Crippen LogP contribution in [0.5, 0.6) is 0 Å². The van der Waals surface area contributed by atoms with Crippen LogP contribution in [0.15, 0.2) is 24.3 Å². The summed E-state index contributed by atoms with van der Waals surface area (Å²) < 4.78 is 39.3. The largest absolute Gasteiger partial charge is 0.418 e. The predicted molar refractivity (Wildman–Crippen MR) is 98.2 cm³/mol. The summed E-state index contributed by atoms with van der Waals surface area (Å²) in [5.41, 5.74) is -0.659. The molecule has 4 saturated carbocycles. The van der Waals surface area contributed by atoms with Crippen LogP contribution in [0, 0.1) is 23.2 Å². The van der Waals surface area contributed by atoms with Gasteiger partial charge in [0.2, 0.25) is 5.91 Å². The Balaban J connectivity index is 1.37. The first-order valence-electron chi connectivity index (χ1n) is 9.87. The first-order valence-corrected chi connectivity index (χ1v) is 9.87. The van der Waals surface area contributed by atoms with Crippen LogP contribution in [0.2, 0.25) is 0 Å². The standard InChI is InChI=1S/C21H27F3N2O/c1-26(13-20-9-14-6-15(10-20)8-16(7-14)11-20)12-19(27)25-18-5-3-2-4-17(18)21(22,23)24/h2-5,14-16H,6-13H2,1H3,(H,25,27). The number of hydrogen-bond donors (Lipinski definition) is 1. The third kappa shape index (κ3) is 4.00. The average Bonchev–Trinajstić information content (AvgIpc) is 2.52. The number of benzene rings is 1. The van der Waals surface area contributed by atoms with Crippen molar-refractivity contribution in [2.24, 2.45) is 23.2 Å². The van der Waals surface area contributed by atoms with Crippen molar-refractivity contribution in [3.63, 3.8) is 0 Å². The second kappa shape index (κ2) is 6.80. The molecule has 1 aromatic rings. The highest BCUT2D eigenvalue weighted by atomic mass is 19.4. The Morgan fingerprint density at radius 1 is 1.11 bits per heavy atom. The molecule has 0 atom stereocenters. The zero-order chi connectivity index (χ0) is 19.2. The third-order valence-corrected chi connectivity index (χ3v) is 6.69. The van der Waals surface area contributed by atoms with E-state index >= 15 is 0 Å². The fraction of sp³-hybridized carbons (Fsp3) is 0.667. The number of nitrogens with zero attached hydrogens (tertiary/aromatic N) is 1. The van der Waals surface area contributed by atoms with Crippen LogP contribution in [-0.2, 0) is 11.0 Å². The van der Waals surface area contributed by atoms with Gasteiger partial charge in [-0.3, -0.25) is 9.69 Å². The molecular formula is C21H27F3N2O. The number of amides is 1. The van der Waals surface area contributed by atoms with Crippen molar-refractivity contribution >= 4 is 11.6 Å². The van der Waals surface area contributed by atoms with E-state index < -0.39 is 11.7 Å². The van der Waals surface area contributed by atoms with Crippen LogP contribution in [0.1, 0.15) is 44.1 Å². The number of likely N-dealkylation sites (N-methyl/N-ethyl adjacent to an activating group) is 1. The number of alkyl halides is 3. The molecule has 1 N–H and O–H groups in total. The van der Waals surface area contributed by atoms with Gasteiger partial charge in [-0.05, 0) is 80.9 Å². The van der Waals surface area contributed by atoms with Crippen LogP contribution in [-0.4, -0.2) is 30.9 Å². The molecule has 4 fully saturated rings. The van der Waals surface area contributed by atoms with Crippen LogP contribution < -0.4 is 5.32 Å². The molecule has 1 aromatic carbocycles. The monoisotopic (exact) mass is 380 g/mol. The number of carbonyl (C=O) groups is 1. The van der Waals surface area contributed by atoms with Gasteiger partial charge in [0.1, 0.15) is 0 Å². The fourth-order valence-corrected chi connectivity index (χ4v) is 6.39. The summed E-state index contributed by atoms with van der Waals surface area (Å²) in [6.07, 6.45) is 3.40. The smallest absolute Gasteiger partial charge is 0.324 e. The lowest BCUT2D eigenvalue weighted by Crippen LogP contribution is -2.51. The van der Waals surface area contributed by atoms with Gasteiger partial charge < -0.3 is 5.32 Å². The van der Waals surface area contributed by atoms with Crippen LogP contribution in [0.4, 0.5) is 18.9 Å². The molecule has 148 valence electrons. The van der Waals surface area contributed by atoms with Crippen molar-refractivity contribution < 1.29 is 18.0 Å². The van der Waals surface area contributed by atoms with Crippen molar-refractivity contribution in [1.82, 2.24) is 4.90 Å². The summed E-state index contributed by atoms with van der Waals surface area (Å²) in [7, 11) is 1.91. The average molecular weight is 380 g/mol. The van der Waals surface area contributed by atoms with Gasteiger partial charge in [0.15, 0.2) is 0 Å². The molecule has 0 unspecified atom stereocenters. The van der Waals surface area contributed by atoms with Gasteiger partial charge in [-0.2, -0.15) is 13.2 Å². The Kier molecular flexibility index (Phi) is 4.73. The lowest BCUT2D eigenvalue weighted by molar-refractivity contribution is -0.137. The van der Waals surface area contributed by atoms with E-state index in [0.717, 1.165) is 30.4 Å². The van der Waals surface area contributed by atoms with Gasteiger partial charge in [-0.25, -0.2) is 0 Å². The molecule has 5 rings (SSSR count). The van der Waals surface area contributed by atoms with E-state index in [9.17, 15) is 18.0 Å². The molecule has 4 aliphatic rings. The number of anilines is 1. The topological polar surface area (TPSA) is 32.3 Å². The van der Waals surface area contributed by atoms with E-state index in [1.807, 2.05) is 11.9 Å². The number of hydrogen-bond acceptors (Lipinski definition) is 2. The lowest BCUT2D eigenvalue weighted by Gasteiger charge is -2.57. The molecule has 0 spiro atoms. The molecule has 6 heteroatoms. The van der Waals surface area contributed by atoms with Crippen molar-refractivity contribution in [2.75, 3.05) is 25.5 Å². The van der Waals surface area contributed by atoms with Crippen molar-refractivity contribution in [1.29, 1.82) is 0 Å². The van der Waals surface area contributed by atoms with Crippen LogP contribution >= 0.6 is 0 Å². The normalized spacial score (nSPS) is 32.1. The van der Waals surface area contributed by atoms with Crippen molar-refractivity contribution in [3.8, 4) is 0 Å². The fourth-order valence-electron chi connectivity index (χ4n) is 6.39. The Morgan fingerprint density at radius 2 is 1.67 bits per heavy atom. The summed E-state index contributed by atoms with van der Waals surface area (Å²) in [5, 5.41) is 2.46. The minimum Gasteiger partial charge on any atom is -0.324 e. The summed E-state index contributed by atoms with van der Waals surface area (Å²) in [6, 6.07) is 5.14. The van der Waals surface area contributed by atoms with Crippen molar-refractivity contribution in [3.05, 3.63) is 29.8 Å². The minimum absolute atomic E-state index is 0.119. The maximum absolute atomic E-state index is 13.1. The molecule has 4 aliphatic carbocycles. The Hall–Kier alpha value is -1.56. The van der Waals surface area contributed by atoms with E-state index in [0.29, 0.717) is 5.41 Å². The number of halogens is 3. The minimum atomic E-state index is -4.48. The van der Waals surface area contributed by atoms with Crippen LogP contribution in [0.25, 0.3) is 0 Å². The Morgan fingerprint density at radius 3 is 2.22 bits per heavy atom. The molecule has 4 bridgehead atoms. The number of rotatable bonds is 5. The van der Waals surface area contributed by atoms with Gasteiger partial charge in [-0.15, -0.1) is 0 Å². The van der Waals surface area contributed by atoms with Gasteiger partial charge >= 0.3 is 6.18 Å². The summed E-state index contributed by atoms with van der Waals surface area (Å²) in [6.45, 7) is 0.985. The van der Waals surface area contributed by atoms with Gasteiger partial charge in [0, 0.05) is 6.54 Å². The maximum Gasteiger partial charge on any atom is 0.418 e. The van der Waals surface area contributed by atoms with Crippen LogP contribution in [0.3, 0.4) is 0 Å².